The molecular weight excluding hydrogens is 379 g/mol. The van der Waals surface area contributed by atoms with E-state index >= 15 is 0 Å². The third-order valence-corrected chi connectivity index (χ3v) is 3.76. The fraction of sp³-hybridized carbons (Fsp3) is 0. The number of nitrogens with one attached hydrogen (secondary N) is 1. The van der Waals surface area contributed by atoms with Gasteiger partial charge in [-0.05, 0) is 12.1 Å². The molecular formula is C15H12NO2S2Y-. The van der Waals surface area contributed by atoms with Gasteiger partial charge in [0.05, 0.1) is 4.91 Å². The molecule has 21 heavy (non-hydrogen) atoms. The van der Waals surface area contributed by atoms with Gasteiger partial charge in [-0.25, -0.2) is 0 Å². The van der Waals surface area contributed by atoms with Gasteiger partial charge in [0.25, 0.3) is 5.91 Å². The van der Waals surface area contributed by atoms with E-state index in [1.165, 1.54) is 11.8 Å². The molecule has 0 bridgehead atoms. The zero-order valence-electron chi connectivity index (χ0n) is 11.3. The molecule has 3 nitrogen and oxygen atoms in total. The van der Waals surface area contributed by atoms with Crippen LogP contribution in [0.5, 0.6) is 0 Å². The summed E-state index contributed by atoms with van der Waals surface area (Å²) in [6.07, 6.45) is 1.70. The molecule has 1 N–H and O–H groups in total. The molecule has 1 saturated heterocycles. The SMILES string of the molecule is O=C1NC(=S)S/C1=C\c1ccc(-c2ccccc2)o1.[CH3-].[Y]. The van der Waals surface area contributed by atoms with Crippen molar-refractivity contribution in [2.75, 3.05) is 0 Å². The molecule has 1 fully saturated rings. The van der Waals surface area contributed by atoms with Crippen LogP contribution in [-0.2, 0) is 37.5 Å². The smallest absolute Gasteiger partial charge is 0.263 e. The summed E-state index contributed by atoms with van der Waals surface area (Å²) in [5, 5.41) is 2.57. The van der Waals surface area contributed by atoms with E-state index in [0.717, 1.165) is 11.3 Å². The van der Waals surface area contributed by atoms with Gasteiger partial charge in [0, 0.05) is 44.3 Å². The summed E-state index contributed by atoms with van der Waals surface area (Å²) in [5.74, 6) is 1.24. The van der Waals surface area contributed by atoms with Crippen LogP contribution in [0.1, 0.15) is 5.76 Å². The second kappa shape index (κ2) is 8.04. The molecule has 1 aromatic carbocycles. The number of carbonyl (C=O) groups is 1. The van der Waals surface area contributed by atoms with Gasteiger partial charge in [-0.2, -0.15) is 0 Å². The number of rotatable bonds is 2. The molecule has 2 aromatic rings. The summed E-state index contributed by atoms with van der Waals surface area (Å²) in [6.45, 7) is 0. The van der Waals surface area contributed by atoms with Crippen LogP contribution in [0.15, 0.2) is 51.8 Å². The van der Waals surface area contributed by atoms with E-state index in [9.17, 15) is 4.79 Å². The van der Waals surface area contributed by atoms with Crippen molar-refractivity contribution in [2.24, 2.45) is 0 Å². The number of furan rings is 1. The molecule has 0 atom stereocenters. The molecule has 1 aliphatic heterocycles. The van der Waals surface area contributed by atoms with Gasteiger partial charge in [-0.15, -0.1) is 0 Å². The first kappa shape index (κ1) is 18.3. The Hall–Kier alpha value is -0.746. The van der Waals surface area contributed by atoms with Gasteiger partial charge >= 0.3 is 0 Å². The zero-order valence-corrected chi connectivity index (χ0v) is 15.8. The first-order valence-electron chi connectivity index (χ1n) is 5.62. The summed E-state index contributed by atoms with van der Waals surface area (Å²) in [4.78, 5) is 12.1. The van der Waals surface area contributed by atoms with E-state index in [1.54, 1.807) is 6.08 Å². The van der Waals surface area contributed by atoms with Crippen LogP contribution in [0.2, 0.25) is 0 Å². The Labute approximate surface area is 158 Å². The van der Waals surface area contributed by atoms with Crippen molar-refractivity contribution in [3.05, 3.63) is 60.6 Å². The quantitative estimate of drug-likeness (QED) is 0.479. The summed E-state index contributed by atoms with van der Waals surface area (Å²) in [6, 6.07) is 13.5. The van der Waals surface area contributed by atoms with Gasteiger partial charge in [0.1, 0.15) is 15.8 Å². The Morgan fingerprint density at radius 1 is 1.14 bits per heavy atom. The molecule has 3 rings (SSSR count). The van der Waals surface area contributed by atoms with E-state index in [2.05, 4.69) is 5.32 Å². The van der Waals surface area contributed by atoms with Crippen LogP contribution in [0.25, 0.3) is 17.4 Å². The number of carbonyl (C=O) groups excluding carboxylic acids is 1. The monoisotopic (exact) mass is 391 g/mol. The van der Waals surface area contributed by atoms with Crippen molar-refractivity contribution < 1.29 is 41.9 Å². The Bertz CT molecular complexity index is 680. The van der Waals surface area contributed by atoms with Gasteiger partial charge in [0.2, 0.25) is 0 Å². The van der Waals surface area contributed by atoms with E-state index in [1.807, 2.05) is 42.5 Å². The fourth-order valence-electron chi connectivity index (χ4n) is 1.74. The molecule has 1 radical (unpaired) electrons. The second-order valence-corrected chi connectivity index (χ2v) is 5.64. The van der Waals surface area contributed by atoms with Gasteiger partial charge in [-0.1, -0.05) is 54.3 Å². The molecule has 0 unspecified atom stereocenters. The van der Waals surface area contributed by atoms with Crippen LogP contribution >= 0.6 is 24.0 Å². The van der Waals surface area contributed by atoms with Crippen molar-refractivity contribution in [2.45, 2.75) is 0 Å². The van der Waals surface area contributed by atoms with E-state index in [-0.39, 0.29) is 46.0 Å². The minimum atomic E-state index is -0.173. The Balaban J connectivity index is 0.00000110. The Morgan fingerprint density at radius 2 is 1.86 bits per heavy atom. The summed E-state index contributed by atoms with van der Waals surface area (Å²) in [7, 11) is 0. The Kier molecular flexibility index (Phi) is 7.00. The molecule has 0 aliphatic carbocycles. The van der Waals surface area contributed by atoms with Crippen LogP contribution in [0.4, 0.5) is 0 Å². The molecule has 1 amide bonds. The van der Waals surface area contributed by atoms with Gasteiger partial charge < -0.3 is 17.2 Å². The molecule has 0 spiro atoms. The first-order chi connectivity index (χ1) is 9.22. The van der Waals surface area contributed by atoms with Crippen LogP contribution in [0, 0.1) is 7.43 Å². The van der Waals surface area contributed by atoms with Crippen molar-refractivity contribution in [3.63, 3.8) is 0 Å². The predicted octanol–water partition coefficient (Wildman–Crippen LogP) is 3.88. The second-order valence-electron chi connectivity index (χ2n) is 3.92. The summed E-state index contributed by atoms with van der Waals surface area (Å²) in [5.41, 5.74) is 1.01. The van der Waals surface area contributed by atoms with Crippen molar-refractivity contribution >= 4 is 40.3 Å². The third-order valence-electron chi connectivity index (χ3n) is 2.60. The van der Waals surface area contributed by atoms with Crippen molar-refractivity contribution in [1.29, 1.82) is 0 Å². The zero-order chi connectivity index (χ0) is 13.2. The minimum Gasteiger partial charge on any atom is -0.457 e. The topological polar surface area (TPSA) is 42.2 Å². The first-order valence-corrected chi connectivity index (χ1v) is 6.85. The maximum atomic E-state index is 11.5. The fourth-order valence-corrected chi connectivity index (χ4v) is 2.76. The third kappa shape index (κ3) is 4.36. The normalized spacial score (nSPS) is 15.3. The minimum absolute atomic E-state index is 0. The Morgan fingerprint density at radius 3 is 2.48 bits per heavy atom. The number of thioether (sulfide) groups is 1. The summed E-state index contributed by atoms with van der Waals surface area (Å²) < 4.78 is 6.18. The molecule has 6 heteroatoms. The molecule has 1 aromatic heterocycles. The number of thiocarbonyl (C=S) groups is 1. The van der Waals surface area contributed by atoms with Gasteiger partial charge in [0.15, 0.2) is 0 Å². The number of hydrogen-bond donors (Lipinski definition) is 1. The molecule has 2 heterocycles. The molecule has 105 valence electrons. The van der Waals surface area contributed by atoms with Gasteiger partial charge in [-0.3, -0.25) is 4.79 Å². The standard InChI is InChI=1S/C14H9NO2S2.CH3.Y/c16-13-12(19-14(18)15-13)8-10-6-7-11(17-10)9-4-2-1-3-5-9;;/h1-8H,(H,15,16,18);1H3;/q;-1;/b12-8-;;. The number of hydrogen-bond acceptors (Lipinski definition) is 4. The largest absolute Gasteiger partial charge is 0.457 e. The number of amides is 1. The van der Waals surface area contributed by atoms with Crippen molar-refractivity contribution in [1.82, 2.24) is 5.32 Å². The van der Waals surface area contributed by atoms with Crippen LogP contribution in [-0.4, -0.2) is 10.2 Å². The predicted molar refractivity (Wildman–Crippen MR) is 86.9 cm³/mol. The van der Waals surface area contributed by atoms with Crippen molar-refractivity contribution in [3.8, 4) is 11.3 Å². The molecule has 0 saturated carbocycles. The van der Waals surface area contributed by atoms with Crippen LogP contribution < -0.4 is 5.32 Å². The average molecular weight is 391 g/mol. The van der Waals surface area contributed by atoms with Crippen LogP contribution in [0.3, 0.4) is 0 Å². The van der Waals surface area contributed by atoms with E-state index in [0.29, 0.717) is 15.0 Å². The molecule has 1 aliphatic rings. The number of benzene rings is 1. The maximum absolute atomic E-state index is 11.5. The van der Waals surface area contributed by atoms with E-state index < -0.39 is 0 Å². The van der Waals surface area contributed by atoms with E-state index in [4.69, 9.17) is 16.6 Å². The summed E-state index contributed by atoms with van der Waals surface area (Å²) >= 11 is 6.18. The average Bonchev–Trinajstić information content (AvgIpc) is 2.99. The maximum Gasteiger partial charge on any atom is 0.263 e.